The highest BCUT2D eigenvalue weighted by Crippen LogP contribution is 2.27. The van der Waals surface area contributed by atoms with Crippen molar-refractivity contribution in [1.82, 2.24) is 14.4 Å². The van der Waals surface area contributed by atoms with Crippen molar-refractivity contribution in [3.63, 3.8) is 0 Å². The first-order chi connectivity index (χ1) is 11.7. The number of rotatable bonds is 4. The third kappa shape index (κ3) is 2.98. The molecule has 3 aromatic heterocycles. The summed E-state index contributed by atoms with van der Waals surface area (Å²) in [5.41, 5.74) is 1.33. The summed E-state index contributed by atoms with van der Waals surface area (Å²) in [6, 6.07) is 7.53. The van der Waals surface area contributed by atoms with Gasteiger partial charge in [-0.15, -0.1) is 11.3 Å². The molecule has 3 heterocycles. The maximum atomic E-state index is 13.0. The zero-order valence-corrected chi connectivity index (χ0v) is 13.8. The predicted octanol–water partition coefficient (Wildman–Crippen LogP) is 3.84. The van der Waals surface area contributed by atoms with E-state index in [2.05, 4.69) is 9.97 Å². The molecule has 0 amide bonds. The molecule has 8 heteroatoms. The van der Waals surface area contributed by atoms with E-state index in [4.69, 9.17) is 4.42 Å². The number of hydrogen-bond acceptors (Lipinski definition) is 6. The Morgan fingerprint density at radius 3 is 2.96 bits per heavy atom. The van der Waals surface area contributed by atoms with Crippen molar-refractivity contribution in [2.75, 3.05) is 0 Å². The lowest BCUT2D eigenvalue weighted by Gasteiger charge is -1.99. The van der Waals surface area contributed by atoms with Crippen LogP contribution in [0, 0.1) is 5.82 Å². The lowest BCUT2D eigenvalue weighted by molar-refractivity contribution is 0.466. The smallest absolute Gasteiger partial charge is 0.258 e. The van der Waals surface area contributed by atoms with Crippen LogP contribution in [0.5, 0.6) is 0 Å². The van der Waals surface area contributed by atoms with E-state index >= 15 is 0 Å². The number of thioether (sulfide) groups is 1. The van der Waals surface area contributed by atoms with E-state index in [0.717, 1.165) is 5.56 Å². The molecule has 0 N–H and O–H groups in total. The molecule has 0 spiro atoms. The molecule has 120 valence electrons. The van der Waals surface area contributed by atoms with Crippen LogP contribution >= 0.6 is 23.1 Å². The average Bonchev–Trinajstić information content (AvgIpc) is 3.23. The molecule has 0 unspecified atom stereocenters. The van der Waals surface area contributed by atoms with Crippen LogP contribution in [0.15, 0.2) is 62.5 Å². The number of hydrogen-bond donors (Lipinski definition) is 0. The molecule has 1 aromatic carbocycles. The van der Waals surface area contributed by atoms with Gasteiger partial charge in [0.1, 0.15) is 5.82 Å². The standard InChI is InChI=1S/C16H10FN3O2S2/c17-11-3-1-10(2-4-11)13-8-18-16(22-13)24-9-12-7-14(21)20-5-6-23-15(20)19-12/h1-8H,9H2. The van der Waals surface area contributed by atoms with Gasteiger partial charge in [-0.3, -0.25) is 9.20 Å². The van der Waals surface area contributed by atoms with Crippen molar-refractivity contribution < 1.29 is 8.81 Å². The van der Waals surface area contributed by atoms with Gasteiger partial charge in [-0.2, -0.15) is 0 Å². The summed E-state index contributed by atoms with van der Waals surface area (Å²) >= 11 is 2.77. The summed E-state index contributed by atoms with van der Waals surface area (Å²) in [6.45, 7) is 0. The van der Waals surface area contributed by atoms with E-state index in [1.807, 2.05) is 5.38 Å². The number of thiazole rings is 1. The Kier molecular flexibility index (Phi) is 3.91. The molecule has 0 atom stereocenters. The van der Waals surface area contributed by atoms with Crippen molar-refractivity contribution in [3.8, 4) is 11.3 Å². The van der Waals surface area contributed by atoms with Gasteiger partial charge in [0.15, 0.2) is 10.7 Å². The summed E-state index contributed by atoms with van der Waals surface area (Å²) in [5.74, 6) is 0.751. The molecule has 0 radical (unpaired) electrons. The third-order valence-corrected chi connectivity index (χ3v) is 4.95. The number of benzene rings is 1. The lowest BCUT2D eigenvalue weighted by Crippen LogP contribution is -2.12. The van der Waals surface area contributed by atoms with Gasteiger partial charge in [0, 0.05) is 29.0 Å². The number of nitrogens with zero attached hydrogens (tertiary/aromatic N) is 3. The first-order valence-corrected chi connectivity index (χ1v) is 8.86. The van der Waals surface area contributed by atoms with Crippen LogP contribution in [0.3, 0.4) is 0 Å². The second-order valence-corrected chi connectivity index (χ2v) is 6.73. The number of fused-ring (bicyclic) bond motifs is 1. The maximum absolute atomic E-state index is 13.0. The topological polar surface area (TPSA) is 60.4 Å². The summed E-state index contributed by atoms with van der Waals surface area (Å²) < 4.78 is 20.1. The van der Waals surface area contributed by atoms with Gasteiger partial charge in [0.2, 0.25) is 0 Å². The van der Waals surface area contributed by atoms with Crippen LogP contribution in [0.4, 0.5) is 4.39 Å². The van der Waals surface area contributed by atoms with E-state index in [9.17, 15) is 9.18 Å². The van der Waals surface area contributed by atoms with Crippen molar-refractivity contribution in [2.45, 2.75) is 11.0 Å². The van der Waals surface area contributed by atoms with Crippen molar-refractivity contribution >= 4 is 28.1 Å². The normalized spacial score (nSPS) is 11.2. The van der Waals surface area contributed by atoms with E-state index in [-0.39, 0.29) is 11.4 Å². The summed E-state index contributed by atoms with van der Waals surface area (Å²) in [4.78, 5) is 21.2. The molecule has 0 aliphatic carbocycles. The molecule has 0 saturated carbocycles. The Morgan fingerprint density at radius 1 is 1.29 bits per heavy atom. The molecule has 0 aliphatic heterocycles. The van der Waals surface area contributed by atoms with Crippen LogP contribution in [-0.4, -0.2) is 14.4 Å². The zero-order valence-electron chi connectivity index (χ0n) is 12.2. The molecule has 4 rings (SSSR count). The van der Waals surface area contributed by atoms with E-state index in [0.29, 0.717) is 27.4 Å². The Hall–Kier alpha value is -2.45. The summed E-state index contributed by atoms with van der Waals surface area (Å²) in [7, 11) is 0. The number of aromatic nitrogens is 3. The van der Waals surface area contributed by atoms with Gasteiger partial charge >= 0.3 is 0 Å². The molecule has 4 aromatic rings. The Morgan fingerprint density at radius 2 is 2.12 bits per heavy atom. The minimum absolute atomic E-state index is 0.101. The van der Waals surface area contributed by atoms with Crippen molar-refractivity contribution in [2.24, 2.45) is 0 Å². The summed E-state index contributed by atoms with van der Waals surface area (Å²) in [6.07, 6.45) is 3.30. The molecule has 5 nitrogen and oxygen atoms in total. The van der Waals surface area contributed by atoms with Crippen LogP contribution < -0.4 is 5.56 Å². The second kappa shape index (κ2) is 6.21. The van der Waals surface area contributed by atoms with Crippen LogP contribution in [-0.2, 0) is 5.75 Å². The van der Waals surface area contributed by atoms with Crippen LogP contribution in [0.25, 0.3) is 16.3 Å². The van der Waals surface area contributed by atoms with Gasteiger partial charge in [-0.1, -0.05) is 11.8 Å². The highest BCUT2D eigenvalue weighted by molar-refractivity contribution is 7.98. The quantitative estimate of drug-likeness (QED) is 0.518. The number of oxazole rings is 1. The first-order valence-electron chi connectivity index (χ1n) is 6.99. The maximum Gasteiger partial charge on any atom is 0.258 e. The molecular formula is C16H10FN3O2S2. The molecule has 24 heavy (non-hydrogen) atoms. The minimum Gasteiger partial charge on any atom is -0.431 e. The average molecular weight is 359 g/mol. The predicted molar refractivity (Wildman–Crippen MR) is 90.8 cm³/mol. The second-order valence-electron chi connectivity index (χ2n) is 4.93. The van der Waals surface area contributed by atoms with E-state index in [1.165, 1.54) is 45.7 Å². The van der Waals surface area contributed by atoms with Gasteiger partial charge in [-0.25, -0.2) is 14.4 Å². The minimum atomic E-state index is -0.297. The van der Waals surface area contributed by atoms with E-state index in [1.54, 1.807) is 24.5 Å². The highest BCUT2D eigenvalue weighted by Gasteiger charge is 2.09. The van der Waals surface area contributed by atoms with Crippen LogP contribution in [0.2, 0.25) is 0 Å². The Labute approximate surface area is 143 Å². The largest absolute Gasteiger partial charge is 0.431 e. The summed E-state index contributed by atoms with van der Waals surface area (Å²) in [5, 5.41) is 2.30. The molecule has 0 aliphatic rings. The first kappa shape index (κ1) is 15.1. The zero-order chi connectivity index (χ0) is 16.5. The van der Waals surface area contributed by atoms with Crippen molar-refractivity contribution in [3.05, 3.63) is 70.0 Å². The SMILES string of the molecule is O=c1cc(CSc2ncc(-c3ccc(F)cc3)o2)nc2sccn12. The van der Waals surface area contributed by atoms with Crippen molar-refractivity contribution in [1.29, 1.82) is 0 Å². The fourth-order valence-electron chi connectivity index (χ4n) is 2.17. The molecule has 0 saturated heterocycles. The van der Waals surface area contributed by atoms with Crippen LogP contribution in [0.1, 0.15) is 5.69 Å². The third-order valence-electron chi connectivity index (χ3n) is 3.31. The van der Waals surface area contributed by atoms with E-state index < -0.39 is 0 Å². The number of halogens is 1. The Bertz CT molecular complexity index is 1050. The molecular weight excluding hydrogens is 349 g/mol. The monoisotopic (exact) mass is 359 g/mol. The highest BCUT2D eigenvalue weighted by atomic mass is 32.2. The van der Waals surface area contributed by atoms with Gasteiger partial charge in [-0.05, 0) is 24.3 Å². The lowest BCUT2D eigenvalue weighted by atomic mass is 10.2. The van der Waals surface area contributed by atoms with Gasteiger partial charge < -0.3 is 4.42 Å². The molecule has 0 fully saturated rings. The Balaban J connectivity index is 1.51. The fraction of sp³-hybridized carbons (Fsp3) is 0.0625. The van der Waals surface area contributed by atoms with Gasteiger partial charge in [0.25, 0.3) is 10.8 Å². The fourth-order valence-corrected chi connectivity index (χ4v) is 3.60. The molecule has 0 bridgehead atoms. The van der Waals surface area contributed by atoms with Gasteiger partial charge in [0.05, 0.1) is 11.9 Å².